The summed E-state index contributed by atoms with van der Waals surface area (Å²) in [6.45, 7) is 16.2. The first kappa shape index (κ1) is 34.4. The van der Waals surface area contributed by atoms with Gasteiger partial charge in [0.25, 0.3) is 5.91 Å². The number of carbonyl (C=O) groups is 3. The van der Waals surface area contributed by atoms with E-state index in [4.69, 9.17) is 19.0 Å². The lowest BCUT2D eigenvalue weighted by Crippen LogP contribution is -2.48. The van der Waals surface area contributed by atoms with Crippen LogP contribution in [0.15, 0.2) is 48.5 Å². The molecule has 1 heterocycles. The first-order chi connectivity index (χ1) is 20.7. The fourth-order valence-corrected chi connectivity index (χ4v) is 4.13. The van der Waals surface area contributed by atoms with E-state index in [1.54, 1.807) is 65.8 Å². The molecular formula is C34H45N3O7. The average molecular weight is 608 g/mol. The SMILES string of the molecule is CCC(CN(OC(=O)OC(C)(C)C)C(=O)OC(C)(C)C)NC(=O)c1ccc(C#Cc2ccc(CN3CCOCC3)cc2)cc1. The van der Waals surface area contributed by atoms with Crippen molar-refractivity contribution in [1.82, 2.24) is 15.3 Å². The summed E-state index contributed by atoms with van der Waals surface area (Å²) in [5.74, 6) is 5.98. The highest BCUT2D eigenvalue weighted by atomic mass is 16.8. The Morgan fingerprint density at radius 3 is 1.95 bits per heavy atom. The minimum atomic E-state index is -1.05. The minimum Gasteiger partial charge on any atom is -0.442 e. The number of morpholine rings is 1. The number of benzene rings is 2. The van der Waals surface area contributed by atoms with Gasteiger partial charge in [-0.1, -0.05) is 30.9 Å². The third-order valence-electron chi connectivity index (χ3n) is 6.35. The first-order valence-corrected chi connectivity index (χ1v) is 14.9. The van der Waals surface area contributed by atoms with Crippen LogP contribution in [0.5, 0.6) is 0 Å². The number of nitrogens with zero attached hydrogens (tertiary/aromatic N) is 2. The number of hydrogen-bond donors (Lipinski definition) is 1. The van der Waals surface area contributed by atoms with E-state index in [0.29, 0.717) is 12.0 Å². The van der Waals surface area contributed by atoms with Crippen LogP contribution in [0.1, 0.15) is 81.9 Å². The summed E-state index contributed by atoms with van der Waals surface area (Å²) < 4.78 is 16.0. The van der Waals surface area contributed by atoms with Gasteiger partial charge in [0.2, 0.25) is 0 Å². The van der Waals surface area contributed by atoms with Gasteiger partial charge in [-0.05, 0) is 89.9 Å². The molecule has 0 bridgehead atoms. The quantitative estimate of drug-likeness (QED) is 0.249. The number of hydroxylamine groups is 2. The van der Waals surface area contributed by atoms with Crippen LogP contribution in [0.3, 0.4) is 0 Å². The predicted molar refractivity (Wildman–Crippen MR) is 167 cm³/mol. The minimum absolute atomic E-state index is 0.134. The van der Waals surface area contributed by atoms with Crippen LogP contribution in [0.4, 0.5) is 9.59 Å². The molecule has 1 aliphatic rings. The lowest BCUT2D eigenvalue weighted by atomic mass is 10.1. The molecule has 238 valence electrons. The summed E-state index contributed by atoms with van der Waals surface area (Å²) in [7, 11) is 0. The number of ether oxygens (including phenoxy) is 3. The summed E-state index contributed by atoms with van der Waals surface area (Å²) in [4.78, 5) is 45.7. The summed E-state index contributed by atoms with van der Waals surface area (Å²) >= 11 is 0. The monoisotopic (exact) mass is 607 g/mol. The molecule has 44 heavy (non-hydrogen) atoms. The number of nitrogens with one attached hydrogen (secondary N) is 1. The van der Waals surface area contributed by atoms with Crippen LogP contribution in [0.2, 0.25) is 0 Å². The van der Waals surface area contributed by atoms with Crippen molar-refractivity contribution in [2.75, 3.05) is 32.8 Å². The van der Waals surface area contributed by atoms with Crippen molar-refractivity contribution in [3.05, 3.63) is 70.8 Å². The van der Waals surface area contributed by atoms with Crippen LogP contribution < -0.4 is 5.32 Å². The zero-order chi connectivity index (χ0) is 32.3. The Morgan fingerprint density at radius 2 is 1.43 bits per heavy atom. The smallest absolute Gasteiger partial charge is 0.442 e. The molecule has 1 fully saturated rings. The Morgan fingerprint density at radius 1 is 0.886 bits per heavy atom. The van der Waals surface area contributed by atoms with Crippen LogP contribution >= 0.6 is 0 Å². The van der Waals surface area contributed by atoms with E-state index < -0.39 is 29.5 Å². The fraction of sp³-hybridized carbons (Fsp3) is 0.500. The van der Waals surface area contributed by atoms with Gasteiger partial charge in [0.05, 0.1) is 25.8 Å². The van der Waals surface area contributed by atoms with E-state index in [0.717, 1.165) is 49.0 Å². The lowest BCUT2D eigenvalue weighted by Gasteiger charge is -2.29. The molecule has 1 atom stereocenters. The van der Waals surface area contributed by atoms with Gasteiger partial charge < -0.3 is 24.4 Å². The highest BCUT2D eigenvalue weighted by Crippen LogP contribution is 2.15. The van der Waals surface area contributed by atoms with Gasteiger partial charge in [-0.3, -0.25) is 9.69 Å². The van der Waals surface area contributed by atoms with Gasteiger partial charge in [-0.25, -0.2) is 9.59 Å². The van der Waals surface area contributed by atoms with Gasteiger partial charge in [-0.2, -0.15) is 0 Å². The topological polar surface area (TPSA) is 107 Å². The van der Waals surface area contributed by atoms with E-state index >= 15 is 0 Å². The first-order valence-electron chi connectivity index (χ1n) is 14.9. The van der Waals surface area contributed by atoms with Crippen LogP contribution in [-0.2, 0) is 25.6 Å². The molecule has 10 heteroatoms. The number of rotatable bonds is 7. The predicted octanol–water partition coefficient (Wildman–Crippen LogP) is 5.53. The second-order valence-electron chi connectivity index (χ2n) is 12.6. The molecule has 0 aliphatic carbocycles. The highest BCUT2D eigenvalue weighted by molar-refractivity contribution is 5.94. The fourth-order valence-electron chi connectivity index (χ4n) is 4.13. The lowest BCUT2D eigenvalue weighted by molar-refractivity contribution is -0.138. The average Bonchev–Trinajstić information content (AvgIpc) is 2.95. The zero-order valence-corrected chi connectivity index (χ0v) is 26.9. The standard InChI is InChI=1S/C34H45N3O7/c1-8-29(24-37(31(39)42-33(2,3)4)44-32(40)43-34(5,6)7)35-30(38)28-17-15-26(16-18-28)10-9-25-11-13-27(14-12-25)23-36-19-21-41-22-20-36/h11-18,29H,8,19-24H2,1-7H3,(H,35,38). The Labute approximate surface area is 260 Å². The van der Waals surface area contributed by atoms with Gasteiger partial charge in [0.1, 0.15) is 11.2 Å². The maximum Gasteiger partial charge on any atom is 0.534 e. The van der Waals surface area contributed by atoms with Crippen molar-refractivity contribution in [3.63, 3.8) is 0 Å². The maximum absolute atomic E-state index is 13.0. The van der Waals surface area contributed by atoms with Gasteiger partial charge in [0, 0.05) is 36.3 Å². The van der Waals surface area contributed by atoms with E-state index in [1.807, 2.05) is 19.1 Å². The van der Waals surface area contributed by atoms with E-state index in [9.17, 15) is 14.4 Å². The molecule has 0 aromatic heterocycles. The zero-order valence-electron chi connectivity index (χ0n) is 26.9. The largest absolute Gasteiger partial charge is 0.534 e. The molecule has 2 aromatic rings. The highest BCUT2D eigenvalue weighted by Gasteiger charge is 2.30. The third kappa shape index (κ3) is 12.3. The second-order valence-corrected chi connectivity index (χ2v) is 12.6. The molecule has 1 unspecified atom stereocenters. The summed E-state index contributed by atoms with van der Waals surface area (Å²) in [5.41, 5.74) is 1.70. The molecule has 1 N–H and O–H groups in total. The Bertz CT molecular complexity index is 1310. The van der Waals surface area contributed by atoms with Crippen molar-refractivity contribution >= 4 is 18.2 Å². The molecule has 3 rings (SSSR count). The van der Waals surface area contributed by atoms with Crippen LogP contribution in [0, 0.1) is 11.8 Å². The molecular weight excluding hydrogens is 562 g/mol. The Balaban J connectivity index is 1.60. The molecule has 0 radical (unpaired) electrons. The van der Waals surface area contributed by atoms with Crippen molar-refractivity contribution < 1.29 is 33.4 Å². The van der Waals surface area contributed by atoms with Crippen LogP contribution in [-0.4, -0.2) is 78.2 Å². The molecule has 10 nitrogen and oxygen atoms in total. The van der Waals surface area contributed by atoms with Crippen molar-refractivity contribution in [1.29, 1.82) is 0 Å². The molecule has 0 saturated carbocycles. The number of amides is 2. The van der Waals surface area contributed by atoms with Crippen molar-refractivity contribution in [2.24, 2.45) is 0 Å². The van der Waals surface area contributed by atoms with Crippen molar-refractivity contribution in [2.45, 2.75) is 78.7 Å². The Hall–Kier alpha value is -4.07. The molecule has 1 saturated heterocycles. The number of hydrogen-bond acceptors (Lipinski definition) is 8. The normalized spacial score (nSPS) is 14.4. The van der Waals surface area contributed by atoms with E-state index in [-0.39, 0.29) is 12.5 Å². The maximum atomic E-state index is 13.0. The molecule has 2 amide bonds. The number of carbonyl (C=O) groups excluding carboxylic acids is 3. The molecule has 0 spiro atoms. The third-order valence-corrected chi connectivity index (χ3v) is 6.35. The molecule has 2 aromatic carbocycles. The van der Waals surface area contributed by atoms with Crippen molar-refractivity contribution in [3.8, 4) is 11.8 Å². The van der Waals surface area contributed by atoms with E-state index in [1.165, 1.54) is 5.56 Å². The van der Waals surface area contributed by atoms with Crippen LogP contribution in [0.25, 0.3) is 0 Å². The van der Waals surface area contributed by atoms with Gasteiger partial charge in [0.15, 0.2) is 0 Å². The van der Waals surface area contributed by atoms with Gasteiger partial charge in [-0.15, -0.1) is 5.06 Å². The summed E-state index contributed by atoms with van der Waals surface area (Å²) in [6.07, 6.45) is -1.46. The summed E-state index contributed by atoms with van der Waals surface area (Å²) in [6, 6.07) is 14.6. The van der Waals surface area contributed by atoms with Gasteiger partial charge >= 0.3 is 12.2 Å². The second kappa shape index (κ2) is 15.6. The van der Waals surface area contributed by atoms with E-state index in [2.05, 4.69) is 34.2 Å². The molecule has 1 aliphatic heterocycles. The summed E-state index contributed by atoms with van der Waals surface area (Å²) in [5, 5.41) is 3.68. The Kier molecular flexibility index (Phi) is 12.2.